The summed E-state index contributed by atoms with van der Waals surface area (Å²) in [5.74, 6) is 5.46. The Balaban J connectivity index is 0.00000240. The van der Waals surface area contributed by atoms with Crippen LogP contribution in [0.4, 0.5) is 11.4 Å². The number of hydrogen-bond donors (Lipinski definition) is 1. The Hall–Kier alpha value is -4.06. The summed E-state index contributed by atoms with van der Waals surface area (Å²) < 4.78 is 1.50. The van der Waals surface area contributed by atoms with Crippen molar-refractivity contribution in [3.05, 3.63) is 75.1 Å². The average Bonchev–Trinajstić information content (AvgIpc) is 3.14. The molecule has 1 amide bonds. The Morgan fingerprint density at radius 3 is 2.53 bits per heavy atom. The van der Waals surface area contributed by atoms with Crippen LogP contribution in [-0.4, -0.2) is 31.0 Å². The summed E-state index contributed by atoms with van der Waals surface area (Å²) in [4.78, 5) is 23.6. The minimum Gasteiger partial charge on any atom is -0.322 e. The molecule has 0 spiro atoms. The number of amides is 1. The number of non-ortho nitro benzene ring substituents is 1. The maximum absolute atomic E-state index is 13.0. The van der Waals surface area contributed by atoms with Crippen LogP contribution in [0.25, 0.3) is 0 Å². The number of tetrazole rings is 1. The van der Waals surface area contributed by atoms with Gasteiger partial charge < -0.3 is 5.32 Å². The molecule has 3 rings (SSSR count). The number of anilines is 1. The lowest BCUT2D eigenvalue weighted by Crippen LogP contribution is -2.17. The minimum absolute atomic E-state index is 0. The van der Waals surface area contributed by atoms with Crippen LogP contribution in [0.1, 0.15) is 55.9 Å². The van der Waals surface area contributed by atoms with Crippen LogP contribution in [0.2, 0.25) is 0 Å². The van der Waals surface area contributed by atoms with Gasteiger partial charge in [-0.3, -0.25) is 14.9 Å². The van der Waals surface area contributed by atoms with E-state index in [1.165, 1.54) is 16.8 Å². The molecular formula is C21H24N6O3. The van der Waals surface area contributed by atoms with Crippen molar-refractivity contribution in [3.8, 4) is 11.8 Å². The van der Waals surface area contributed by atoms with E-state index in [-0.39, 0.29) is 26.0 Å². The molecule has 0 saturated heterocycles. The predicted octanol–water partition coefficient (Wildman–Crippen LogP) is 3.78. The van der Waals surface area contributed by atoms with Crippen molar-refractivity contribution in [2.24, 2.45) is 7.05 Å². The molecule has 1 N–H and O–H groups in total. The van der Waals surface area contributed by atoms with E-state index in [1.807, 2.05) is 6.92 Å². The molecule has 156 valence electrons. The van der Waals surface area contributed by atoms with Crippen molar-refractivity contribution in [1.82, 2.24) is 20.2 Å². The molecule has 0 radical (unpaired) electrons. The van der Waals surface area contributed by atoms with E-state index in [1.54, 1.807) is 44.3 Å². The van der Waals surface area contributed by atoms with Gasteiger partial charge in [0.2, 0.25) is 0 Å². The van der Waals surface area contributed by atoms with Gasteiger partial charge in [0.15, 0.2) is 5.82 Å². The first-order valence-corrected chi connectivity index (χ1v) is 8.75. The standard InChI is InChI=1S/C20H18N6O3.CH4.H2/c1-4-5-14-6-8-15(9-7-14)21-20(27)18-12-16(26(28)29)10-11-17(18)13(2)19-22-23-24-25(19)3;;/h6-13H,1-3H3,(H,21,27);1H4;1H. The van der Waals surface area contributed by atoms with Crippen molar-refractivity contribution < 1.29 is 11.1 Å². The van der Waals surface area contributed by atoms with E-state index >= 15 is 0 Å². The molecule has 1 aromatic heterocycles. The Morgan fingerprint density at radius 2 is 1.97 bits per heavy atom. The average molecular weight is 408 g/mol. The normalized spacial score (nSPS) is 10.9. The summed E-state index contributed by atoms with van der Waals surface area (Å²) in [6, 6.07) is 11.2. The van der Waals surface area contributed by atoms with Gasteiger partial charge in [-0.05, 0) is 47.2 Å². The number of rotatable bonds is 5. The summed E-state index contributed by atoms with van der Waals surface area (Å²) in [6.45, 7) is 3.58. The number of carbonyl (C=O) groups is 1. The number of aryl methyl sites for hydroxylation is 1. The zero-order chi connectivity index (χ0) is 21.0. The number of nitro groups is 1. The molecule has 1 heterocycles. The molecule has 9 heteroatoms. The van der Waals surface area contributed by atoms with Crippen LogP contribution in [0.3, 0.4) is 0 Å². The zero-order valence-corrected chi connectivity index (χ0v) is 16.1. The SMILES string of the molecule is C.CC#Cc1ccc(NC(=O)c2cc([N+](=O)[O-])ccc2C(C)c2nnnn2C)cc1.[HH]. The monoisotopic (exact) mass is 408 g/mol. The second-order valence-electron chi connectivity index (χ2n) is 6.32. The summed E-state index contributed by atoms with van der Waals surface area (Å²) in [5, 5.41) is 25.4. The Bertz CT molecular complexity index is 1130. The summed E-state index contributed by atoms with van der Waals surface area (Å²) >= 11 is 0. The molecule has 1 atom stereocenters. The minimum atomic E-state index is -0.534. The van der Waals surface area contributed by atoms with Gasteiger partial charge in [-0.1, -0.05) is 26.3 Å². The first-order valence-electron chi connectivity index (χ1n) is 8.75. The molecule has 1 unspecified atom stereocenters. The first-order chi connectivity index (χ1) is 13.9. The second-order valence-corrected chi connectivity index (χ2v) is 6.32. The van der Waals surface area contributed by atoms with Crippen molar-refractivity contribution in [3.63, 3.8) is 0 Å². The summed E-state index contributed by atoms with van der Waals surface area (Å²) in [5.41, 5.74) is 1.98. The largest absolute Gasteiger partial charge is 0.322 e. The van der Waals surface area contributed by atoms with Gasteiger partial charge in [0.1, 0.15) is 0 Å². The lowest BCUT2D eigenvalue weighted by molar-refractivity contribution is -0.384. The number of hydrogen-bond acceptors (Lipinski definition) is 6. The van der Waals surface area contributed by atoms with Gasteiger partial charge >= 0.3 is 0 Å². The van der Waals surface area contributed by atoms with Crippen molar-refractivity contribution in [2.45, 2.75) is 27.2 Å². The highest BCUT2D eigenvalue weighted by molar-refractivity contribution is 6.06. The third kappa shape index (κ3) is 4.67. The fourth-order valence-corrected chi connectivity index (χ4v) is 2.95. The molecule has 0 saturated carbocycles. The Kier molecular flexibility index (Phi) is 6.99. The molecule has 3 aromatic rings. The molecule has 2 aromatic carbocycles. The van der Waals surface area contributed by atoms with Gasteiger partial charge in [-0.15, -0.1) is 11.0 Å². The number of nitro benzene ring substituents is 1. The number of benzene rings is 2. The highest BCUT2D eigenvalue weighted by Crippen LogP contribution is 2.29. The number of carbonyl (C=O) groups excluding carboxylic acids is 1. The molecule has 0 aliphatic carbocycles. The van der Waals surface area contributed by atoms with Crippen LogP contribution >= 0.6 is 0 Å². The number of aromatic nitrogens is 4. The zero-order valence-electron chi connectivity index (χ0n) is 16.1. The van der Waals surface area contributed by atoms with Crippen molar-refractivity contribution >= 4 is 17.3 Å². The van der Waals surface area contributed by atoms with Gasteiger partial charge in [-0.25, -0.2) is 4.68 Å². The van der Waals surface area contributed by atoms with Crippen LogP contribution in [0.5, 0.6) is 0 Å². The lowest BCUT2D eigenvalue weighted by Gasteiger charge is -2.15. The maximum Gasteiger partial charge on any atom is 0.270 e. The van der Waals surface area contributed by atoms with E-state index in [0.29, 0.717) is 17.1 Å². The Morgan fingerprint density at radius 1 is 1.27 bits per heavy atom. The topological polar surface area (TPSA) is 116 Å². The van der Waals surface area contributed by atoms with Crippen molar-refractivity contribution in [1.29, 1.82) is 0 Å². The van der Waals surface area contributed by atoms with Crippen LogP contribution in [0.15, 0.2) is 42.5 Å². The highest BCUT2D eigenvalue weighted by Gasteiger charge is 2.24. The lowest BCUT2D eigenvalue weighted by atomic mass is 9.94. The fourth-order valence-electron chi connectivity index (χ4n) is 2.95. The number of nitrogens with one attached hydrogen (secondary N) is 1. The van der Waals surface area contributed by atoms with E-state index in [0.717, 1.165) is 5.56 Å². The fraction of sp³-hybridized carbons (Fsp3) is 0.238. The molecule has 0 aliphatic heterocycles. The predicted molar refractivity (Wildman–Crippen MR) is 115 cm³/mol. The van der Waals surface area contributed by atoms with E-state index in [2.05, 4.69) is 32.7 Å². The molecule has 0 fully saturated rings. The second kappa shape index (κ2) is 9.43. The molecule has 9 nitrogen and oxygen atoms in total. The van der Waals surface area contributed by atoms with E-state index in [4.69, 9.17) is 0 Å². The number of nitrogens with zero attached hydrogens (tertiary/aromatic N) is 5. The molecule has 0 aliphatic rings. The summed E-state index contributed by atoms with van der Waals surface area (Å²) in [7, 11) is 1.69. The van der Waals surface area contributed by atoms with E-state index in [9.17, 15) is 14.9 Å². The first kappa shape index (κ1) is 22.2. The molecular weight excluding hydrogens is 384 g/mol. The van der Waals surface area contributed by atoms with E-state index < -0.39 is 10.8 Å². The smallest absolute Gasteiger partial charge is 0.270 e. The van der Waals surface area contributed by atoms with Crippen molar-refractivity contribution in [2.75, 3.05) is 5.32 Å². The van der Waals surface area contributed by atoms with Gasteiger partial charge in [0.25, 0.3) is 11.6 Å². The molecule has 30 heavy (non-hydrogen) atoms. The third-order valence-electron chi connectivity index (χ3n) is 4.41. The van der Waals surface area contributed by atoms with Crippen LogP contribution in [-0.2, 0) is 7.05 Å². The van der Waals surface area contributed by atoms with Gasteiger partial charge in [0, 0.05) is 37.8 Å². The van der Waals surface area contributed by atoms with Crippen LogP contribution < -0.4 is 5.32 Å². The third-order valence-corrected chi connectivity index (χ3v) is 4.41. The quantitative estimate of drug-likeness (QED) is 0.390. The van der Waals surface area contributed by atoms with Gasteiger partial charge in [0.05, 0.1) is 10.5 Å². The molecule has 0 bridgehead atoms. The van der Waals surface area contributed by atoms with Crippen LogP contribution in [0, 0.1) is 22.0 Å². The summed E-state index contributed by atoms with van der Waals surface area (Å²) in [6.07, 6.45) is 0. The Labute approximate surface area is 175 Å². The highest BCUT2D eigenvalue weighted by atomic mass is 16.6. The maximum atomic E-state index is 13.0. The van der Waals surface area contributed by atoms with Gasteiger partial charge in [-0.2, -0.15) is 0 Å².